The molecule has 0 atom stereocenters. The van der Waals surface area contributed by atoms with E-state index in [-0.39, 0.29) is 5.69 Å². The van der Waals surface area contributed by atoms with Crippen LogP contribution in [0.1, 0.15) is 5.56 Å². The average Bonchev–Trinajstić information content (AvgIpc) is 2.71. The molecule has 3 aromatic rings. The minimum Gasteiger partial charge on any atom is -0.306 e. The Kier molecular flexibility index (Phi) is 3.16. The number of imidazole rings is 1. The van der Waals surface area contributed by atoms with E-state index in [1.165, 1.54) is 0 Å². The highest BCUT2D eigenvalue weighted by Crippen LogP contribution is 2.21. The SMILES string of the molecule is O=c1[nH]c2ccccc2n1Cc1cnc(Br)c(Cl)c1. The highest BCUT2D eigenvalue weighted by molar-refractivity contribution is 9.10. The van der Waals surface area contributed by atoms with Gasteiger partial charge in [-0.2, -0.15) is 0 Å². The molecule has 96 valence electrons. The Morgan fingerprint density at radius 1 is 1.37 bits per heavy atom. The quantitative estimate of drug-likeness (QED) is 0.730. The number of aromatic amines is 1. The third-order valence-electron chi connectivity index (χ3n) is 2.88. The predicted octanol–water partition coefficient (Wildman–Crippen LogP) is 3.19. The molecule has 19 heavy (non-hydrogen) atoms. The molecule has 0 aliphatic rings. The minimum atomic E-state index is -0.139. The van der Waals surface area contributed by atoms with Crippen LogP contribution in [-0.2, 0) is 6.54 Å². The number of rotatable bonds is 2. The van der Waals surface area contributed by atoms with Gasteiger partial charge >= 0.3 is 5.69 Å². The fraction of sp³-hybridized carbons (Fsp3) is 0.0769. The smallest absolute Gasteiger partial charge is 0.306 e. The van der Waals surface area contributed by atoms with Gasteiger partial charge in [0.15, 0.2) is 0 Å². The Hall–Kier alpha value is -1.59. The molecule has 0 spiro atoms. The number of nitrogens with one attached hydrogen (secondary N) is 1. The van der Waals surface area contributed by atoms with Crippen LogP contribution in [0, 0.1) is 0 Å². The molecule has 3 rings (SSSR count). The summed E-state index contributed by atoms with van der Waals surface area (Å²) in [6, 6.07) is 9.37. The molecular formula is C13H9BrClN3O. The first kappa shape index (κ1) is 12.4. The molecule has 6 heteroatoms. The summed E-state index contributed by atoms with van der Waals surface area (Å²) in [5.74, 6) is 0. The number of halogens is 2. The Balaban J connectivity index is 2.08. The molecule has 0 aliphatic carbocycles. The van der Waals surface area contributed by atoms with Gasteiger partial charge in [-0.05, 0) is 39.7 Å². The molecule has 0 unspecified atom stereocenters. The monoisotopic (exact) mass is 337 g/mol. The van der Waals surface area contributed by atoms with Crippen molar-refractivity contribution in [2.45, 2.75) is 6.54 Å². The topological polar surface area (TPSA) is 50.7 Å². The standard InChI is InChI=1S/C13H9BrClN3O/c14-12-9(15)5-8(6-16-12)7-18-11-4-2-1-3-10(11)17-13(18)19/h1-6H,7H2,(H,17,19). The van der Waals surface area contributed by atoms with Gasteiger partial charge in [-0.15, -0.1) is 0 Å². The van der Waals surface area contributed by atoms with Gasteiger partial charge in [-0.1, -0.05) is 23.7 Å². The van der Waals surface area contributed by atoms with Crippen LogP contribution in [0.25, 0.3) is 11.0 Å². The van der Waals surface area contributed by atoms with E-state index in [4.69, 9.17) is 11.6 Å². The Bertz CT molecular complexity index is 809. The van der Waals surface area contributed by atoms with Crippen molar-refractivity contribution in [3.05, 3.63) is 62.2 Å². The van der Waals surface area contributed by atoms with Crippen molar-refractivity contribution < 1.29 is 0 Å². The molecular weight excluding hydrogens is 330 g/mol. The zero-order valence-electron chi connectivity index (χ0n) is 9.73. The van der Waals surface area contributed by atoms with Gasteiger partial charge in [0, 0.05) is 6.20 Å². The molecule has 2 heterocycles. The van der Waals surface area contributed by atoms with E-state index in [0.717, 1.165) is 16.6 Å². The fourth-order valence-corrected chi connectivity index (χ4v) is 2.40. The minimum absolute atomic E-state index is 0.139. The van der Waals surface area contributed by atoms with Crippen molar-refractivity contribution in [1.29, 1.82) is 0 Å². The number of benzene rings is 1. The number of fused-ring (bicyclic) bond motifs is 1. The van der Waals surface area contributed by atoms with Gasteiger partial charge in [0.05, 0.1) is 22.6 Å². The van der Waals surface area contributed by atoms with Crippen molar-refractivity contribution in [2.75, 3.05) is 0 Å². The summed E-state index contributed by atoms with van der Waals surface area (Å²) in [7, 11) is 0. The lowest BCUT2D eigenvalue weighted by Gasteiger charge is -2.04. The summed E-state index contributed by atoms with van der Waals surface area (Å²) < 4.78 is 2.26. The highest BCUT2D eigenvalue weighted by Gasteiger charge is 2.08. The number of nitrogens with zero attached hydrogens (tertiary/aromatic N) is 2. The van der Waals surface area contributed by atoms with E-state index in [2.05, 4.69) is 25.9 Å². The molecule has 0 fully saturated rings. The lowest BCUT2D eigenvalue weighted by Crippen LogP contribution is -2.17. The predicted molar refractivity (Wildman–Crippen MR) is 78.6 cm³/mol. The van der Waals surface area contributed by atoms with Crippen molar-refractivity contribution in [1.82, 2.24) is 14.5 Å². The molecule has 0 saturated heterocycles. The molecule has 1 aromatic carbocycles. The van der Waals surface area contributed by atoms with E-state index in [9.17, 15) is 4.79 Å². The summed E-state index contributed by atoms with van der Waals surface area (Å²) in [6.07, 6.45) is 1.70. The summed E-state index contributed by atoms with van der Waals surface area (Å²) in [5, 5.41) is 0.533. The Morgan fingerprint density at radius 3 is 2.95 bits per heavy atom. The first-order valence-corrected chi connectivity index (χ1v) is 6.80. The number of hydrogen-bond donors (Lipinski definition) is 1. The molecule has 1 N–H and O–H groups in total. The number of H-pyrrole nitrogens is 1. The maximum Gasteiger partial charge on any atom is 0.326 e. The molecule has 0 saturated carbocycles. The van der Waals surface area contributed by atoms with Crippen LogP contribution in [-0.4, -0.2) is 14.5 Å². The van der Waals surface area contributed by atoms with Gasteiger partial charge < -0.3 is 4.98 Å². The largest absolute Gasteiger partial charge is 0.326 e. The van der Waals surface area contributed by atoms with Crippen molar-refractivity contribution in [2.24, 2.45) is 0 Å². The number of aromatic nitrogens is 3. The maximum absolute atomic E-state index is 11.9. The van der Waals surface area contributed by atoms with Crippen LogP contribution in [0.5, 0.6) is 0 Å². The van der Waals surface area contributed by atoms with Crippen molar-refractivity contribution in [3.8, 4) is 0 Å². The summed E-state index contributed by atoms with van der Waals surface area (Å²) in [6.45, 7) is 0.433. The first-order chi connectivity index (χ1) is 9.15. The van der Waals surface area contributed by atoms with Crippen LogP contribution in [0.4, 0.5) is 0 Å². The molecule has 0 bridgehead atoms. The Labute approximate surface area is 122 Å². The lowest BCUT2D eigenvalue weighted by molar-refractivity contribution is 0.783. The number of pyridine rings is 1. The van der Waals surface area contributed by atoms with Crippen LogP contribution in [0.2, 0.25) is 5.02 Å². The summed E-state index contributed by atoms with van der Waals surface area (Å²) in [4.78, 5) is 18.9. The average molecular weight is 339 g/mol. The highest BCUT2D eigenvalue weighted by atomic mass is 79.9. The second-order valence-corrected chi connectivity index (χ2v) is 5.31. The van der Waals surface area contributed by atoms with Crippen LogP contribution < -0.4 is 5.69 Å². The van der Waals surface area contributed by atoms with Crippen molar-refractivity contribution >= 4 is 38.6 Å². The molecule has 2 aromatic heterocycles. The molecule has 4 nitrogen and oxygen atoms in total. The number of para-hydroxylation sites is 2. The summed E-state index contributed by atoms with van der Waals surface area (Å²) in [5.41, 5.74) is 2.43. The van der Waals surface area contributed by atoms with E-state index < -0.39 is 0 Å². The lowest BCUT2D eigenvalue weighted by atomic mass is 10.2. The Morgan fingerprint density at radius 2 is 2.16 bits per heavy atom. The molecule has 0 radical (unpaired) electrons. The third-order valence-corrected chi connectivity index (χ3v) is 4.02. The third kappa shape index (κ3) is 2.31. The van der Waals surface area contributed by atoms with Gasteiger partial charge in [-0.3, -0.25) is 4.57 Å². The first-order valence-electron chi connectivity index (χ1n) is 5.62. The van der Waals surface area contributed by atoms with Gasteiger partial charge in [0.2, 0.25) is 0 Å². The molecule has 0 amide bonds. The van der Waals surface area contributed by atoms with Gasteiger partial charge in [0.1, 0.15) is 4.60 Å². The zero-order chi connectivity index (χ0) is 13.4. The normalized spacial score (nSPS) is 11.1. The van der Waals surface area contributed by atoms with Gasteiger partial charge in [0.25, 0.3) is 0 Å². The van der Waals surface area contributed by atoms with Crippen LogP contribution in [0.15, 0.2) is 45.9 Å². The zero-order valence-corrected chi connectivity index (χ0v) is 12.1. The van der Waals surface area contributed by atoms with E-state index in [0.29, 0.717) is 16.2 Å². The number of hydrogen-bond acceptors (Lipinski definition) is 2. The maximum atomic E-state index is 11.9. The summed E-state index contributed by atoms with van der Waals surface area (Å²) >= 11 is 9.25. The van der Waals surface area contributed by atoms with E-state index in [1.807, 2.05) is 24.3 Å². The van der Waals surface area contributed by atoms with Crippen LogP contribution >= 0.6 is 27.5 Å². The van der Waals surface area contributed by atoms with Crippen LogP contribution in [0.3, 0.4) is 0 Å². The van der Waals surface area contributed by atoms with E-state index in [1.54, 1.807) is 16.8 Å². The second-order valence-electron chi connectivity index (χ2n) is 4.15. The van der Waals surface area contributed by atoms with Crippen molar-refractivity contribution in [3.63, 3.8) is 0 Å². The fourth-order valence-electron chi connectivity index (χ4n) is 1.99. The van der Waals surface area contributed by atoms with Gasteiger partial charge in [-0.25, -0.2) is 9.78 Å². The second kappa shape index (κ2) is 4.83. The molecule has 0 aliphatic heterocycles. The van der Waals surface area contributed by atoms with E-state index >= 15 is 0 Å².